The van der Waals surface area contributed by atoms with Crippen LogP contribution in [0.4, 0.5) is 11.4 Å². The van der Waals surface area contributed by atoms with Crippen LogP contribution in [0.15, 0.2) is 36.4 Å². The van der Waals surface area contributed by atoms with E-state index in [2.05, 4.69) is 10.6 Å². The standard InChI is InChI=1S/C20H24ClN3O4/c1-3-27-17-8-5-13(11-18(17)28-4-2)9-10-23-19(25)20(26)24-16-7-6-14(22)12-15(16)21/h5-8,11-12H,3-4,9-10,22H2,1-2H3,(H,23,25)(H,24,26). The first-order chi connectivity index (χ1) is 13.4. The molecule has 0 radical (unpaired) electrons. The fraction of sp³-hybridized carbons (Fsp3) is 0.300. The van der Waals surface area contributed by atoms with Gasteiger partial charge in [-0.25, -0.2) is 0 Å². The Hall–Kier alpha value is -2.93. The molecule has 2 amide bonds. The quantitative estimate of drug-likeness (QED) is 0.462. The Labute approximate surface area is 169 Å². The molecule has 0 aromatic heterocycles. The second-order valence-electron chi connectivity index (χ2n) is 5.85. The molecular formula is C20H24ClN3O4. The minimum Gasteiger partial charge on any atom is -0.490 e. The first-order valence-corrected chi connectivity index (χ1v) is 9.35. The zero-order valence-corrected chi connectivity index (χ0v) is 16.6. The lowest BCUT2D eigenvalue weighted by molar-refractivity contribution is -0.136. The Morgan fingerprint density at radius 1 is 1.00 bits per heavy atom. The number of nitrogens with one attached hydrogen (secondary N) is 2. The Balaban J connectivity index is 1.88. The van der Waals surface area contributed by atoms with Crippen LogP contribution in [-0.4, -0.2) is 31.6 Å². The SMILES string of the molecule is CCOc1ccc(CCNC(=O)C(=O)Nc2ccc(N)cc2Cl)cc1OCC. The van der Waals surface area contributed by atoms with Crippen LogP contribution in [0.25, 0.3) is 0 Å². The van der Waals surface area contributed by atoms with Crippen molar-refractivity contribution >= 4 is 34.8 Å². The number of halogens is 1. The van der Waals surface area contributed by atoms with E-state index in [0.29, 0.717) is 49.1 Å². The summed E-state index contributed by atoms with van der Waals surface area (Å²) in [6.45, 7) is 5.16. The smallest absolute Gasteiger partial charge is 0.313 e. The Morgan fingerprint density at radius 2 is 1.71 bits per heavy atom. The maximum Gasteiger partial charge on any atom is 0.313 e. The summed E-state index contributed by atoms with van der Waals surface area (Å²) < 4.78 is 11.1. The van der Waals surface area contributed by atoms with Gasteiger partial charge in [-0.15, -0.1) is 0 Å². The number of nitrogen functional groups attached to an aromatic ring is 1. The molecule has 7 nitrogen and oxygen atoms in total. The van der Waals surface area contributed by atoms with Crippen molar-refractivity contribution in [1.82, 2.24) is 5.32 Å². The topological polar surface area (TPSA) is 103 Å². The highest BCUT2D eigenvalue weighted by atomic mass is 35.5. The second-order valence-corrected chi connectivity index (χ2v) is 6.25. The normalized spacial score (nSPS) is 10.2. The summed E-state index contributed by atoms with van der Waals surface area (Å²) in [6, 6.07) is 10.2. The summed E-state index contributed by atoms with van der Waals surface area (Å²) in [5.74, 6) is -0.210. The molecule has 0 aliphatic heterocycles. The number of nitrogens with two attached hydrogens (primary N) is 1. The van der Waals surface area contributed by atoms with Crippen molar-refractivity contribution < 1.29 is 19.1 Å². The first-order valence-electron chi connectivity index (χ1n) is 8.97. The van der Waals surface area contributed by atoms with Gasteiger partial charge in [0.15, 0.2) is 11.5 Å². The first kappa shape index (κ1) is 21.4. The van der Waals surface area contributed by atoms with Crippen molar-refractivity contribution in [2.45, 2.75) is 20.3 Å². The summed E-state index contributed by atoms with van der Waals surface area (Å²) in [5.41, 5.74) is 7.34. The molecule has 0 atom stereocenters. The third kappa shape index (κ3) is 6.06. The highest BCUT2D eigenvalue weighted by molar-refractivity contribution is 6.41. The van der Waals surface area contributed by atoms with Gasteiger partial charge in [0.05, 0.1) is 23.9 Å². The molecule has 0 fully saturated rings. The molecule has 8 heteroatoms. The van der Waals surface area contributed by atoms with E-state index in [1.807, 2.05) is 32.0 Å². The molecule has 0 spiro atoms. The van der Waals surface area contributed by atoms with Crippen molar-refractivity contribution in [3.8, 4) is 11.5 Å². The molecule has 2 aromatic rings. The lowest BCUT2D eigenvalue weighted by atomic mass is 10.1. The highest BCUT2D eigenvalue weighted by Gasteiger charge is 2.15. The second kappa shape index (κ2) is 10.4. The molecule has 28 heavy (non-hydrogen) atoms. The Bertz CT molecular complexity index is 842. The lowest BCUT2D eigenvalue weighted by Gasteiger charge is -2.12. The Morgan fingerprint density at radius 3 is 2.39 bits per heavy atom. The number of carbonyl (C=O) groups is 2. The molecule has 0 aliphatic carbocycles. The zero-order valence-electron chi connectivity index (χ0n) is 15.9. The average molecular weight is 406 g/mol. The monoisotopic (exact) mass is 405 g/mol. The van der Waals surface area contributed by atoms with E-state index in [0.717, 1.165) is 5.56 Å². The van der Waals surface area contributed by atoms with Gasteiger partial charge in [-0.05, 0) is 56.2 Å². The number of hydrogen-bond acceptors (Lipinski definition) is 5. The van der Waals surface area contributed by atoms with Crippen molar-refractivity contribution in [3.05, 3.63) is 47.0 Å². The fourth-order valence-corrected chi connectivity index (χ4v) is 2.70. The van der Waals surface area contributed by atoms with E-state index in [1.165, 1.54) is 12.1 Å². The summed E-state index contributed by atoms with van der Waals surface area (Å²) in [4.78, 5) is 24.0. The van der Waals surface area contributed by atoms with E-state index in [1.54, 1.807) is 6.07 Å². The van der Waals surface area contributed by atoms with Crippen LogP contribution in [0.1, 0.15) is 19.4 Å². The van der Waals surface area contributed by atoms with E-state index in [-0.39, 0.29) is 5.02 Å². The molecule has 2 rings (SSSR count). The van der Waals surface area contributed by atoms with Gasteiger partial charge in [0.25, 0.3) is 0 Å². The molecule has 0 unspecified atom stereocenters. The van der Waals surface area contributed by atoms with Gasteiger partial charge in [-0.2, -0.15) is 0 Å². The van der Waals surface area contributed by atoms with Crippen LogP contribution in [0.3, 0.4) is 0 Å². The third-order valence-corrected chi connectivity index (χ3v) is 4.07. The van der Waals surface area contributed by atoms with Crippen LogP contribution < -0.4 is 25.8 Å². The molecular weight excluding hydrogens is 382 g/mol. The molecule has 0 saturated heterocycles. The number of rotatable bonds is 8. The summed E-state index contributed by atoms with van der Waals surface area (Å²) >= 11 is 5.99. The van der Waals surface area contributed by atoms with Crippen LogP contribution in [0.2, 0.25) is 5.02 Å². The maximum atomic E-state index is 12.0. The van der Waals surface area contributed by atoms with E-state index in [4.69, 9.17) is 26.8 Å². The highest BCUT2D eigenvalue weighted by Crippen LogP contribution is 2.28. The van der Waals surface area contributed by atoms with Crippen molar-refractivity contribution in [2.24, 2.45) is 0 Å². The molecule has 0 saturated carbocycles. The molecule has 4 N–H and O–H groups in total. The van der Waals surface area contributed by atoms with E-state index in [9.17, 15) is 9.59 Å². The van der Waals surface area contributed by atoms with Gasteiger partial charge in [-0.1, -0.05) is 17.7 Å². The van der Waals surface area contributed by atoms with Gasteiger partial charge in [0, 0.05) is 12.2 Å². The zero-order chi connectivity index (χ0) is 20.5. The Kier molecular flexibility index (Phi) is 7.95. The summed E-state index contributed by atoms with van der Waals surface area (Å²) in [7, 11) is 0. The van der Waals surface area contributed by atoms with Gasteiger partial charge in [0.1, 0.15) is 0 Å². The minimum atomic E-state index is -0.798. The van der Waals surface area contributed by atoms with Crippen molar-refractivity contribution in [3.63, 3.8) is 0 Å². The van der Waals surface area contributed by atoms with Crippen molar-refractivity contribution in [2.75, 3.05) is 30.8 Å². The number of anilines is 2. The van der Waals surface area contributed by atoms with Gasteiger partial charge < -0.3 is 25.8 Å². The molecule has 0 heterocycles. The van der Waals surface area contributed by atoms with Crippen LogP contribution in [-0.2, 0) is 16.0 Å². The predicted octanol–water partition coefficient (Wildman–Crippen LogP) is 3.02. The van der Waals surface area contributed by atoms with Gasteiger partial charge in [0.2, 0.25) is 0 Å². The van der Waals surface area contributed by atoms with Crippen molar-refractivity contribution in [1.29, 1.82) is 0 Å². The van der Waals surface area contributed by atoms with E-state index < -0.39 is 11.8 Å². The van der Waals surface area contributed by atoms with Gasteiger partial charge >= 0.3 is 11.8 Å². The molecule has 0 aliphatic rings. The molecule has 2 aromatic carbocycles. The number of benzene rings is 2. The predicted molar refractivity (Wildman–Crippen MR) is 110 cm³/mol. The van der Waals surface area contributed by atoms with Crippen LogP contribution in [0, 0.1) is 0 Å². The number of amides is 2. The molecule has 0 bridgehead atoms. The maximum absolute atomic E-state index is 12.0. The van der Waals surface area contributed by atoms with Gasteiger partial charge in [-0.3, -0.25) is 9.59 Å². The number of hydrogen-bond donors (Lipinski definition) is 3. The number of carbonyl (C=O) groups excluding carboxylic acids is 2. The summed E-state index contributed by atoms with van der Waals surface area (Å²) in [6.07, 6.45) is 0.536. The molecule has 150 valence electrons. The van der Waals surface area contributed by atoms with Crippen LogP contribution in [0.5, 0.6) is 11.5 Å². The fourth-order valence-electron chi connectivity index (χ4n) is 2.46. The number of ether oxygens (including phenoxy) is 2. The average Bonchev–Trinajstić information content (AvgIpc) is 2.66. The van der Waals surface area contributed by atoms with Crippen LogP contribution >= 0.6 is 11.6 Å². The lowest BCUT2D eigenvalue weighted by Crippen LogP contribution is -2.36. The summed E-state index contributed by atoms with van der Waals surface area (Å²) in [5, 5.41) is 5.30. The third-order valence-electron chi connectivity index (χ3n) is 3.75. The minimum absolute atomic E-state index is 0.263. The van der Waals surface area contributed by atoms with E-state index >= 15 is 0 Å². The largest absolute Gasteiger partial charge is 0.490 e.